The number of benzene rings is 2. The molecule has 1 aliphatic rings. The Morgan fingerprint density at radius 1 is 1.12 bits per heavy atom. The van der Waals surface area contributed by atoms with E-state index in [0.29, 0.717) is 12.6 Å². The van der Waals surface area contributed by atoms with E-state index in [-0.39, 0.29) is 44.8 Å². The van der Waals surface area contributed by atoms with Crippen LogP contribution in [0.5, 0.6) is 0 Å². The van der Waals surface area contributed by atoms with Crippen molar-refractivity contribution in [3.63, 3.8) is 0 Å². The highest BCUT2D eigenvalue weighted by atomic mass is 35.5. The number of hydrogen-bond acceptors (Lipinski definition) is 7. The lowest BCUT2D eigenvalue weighted by Crippen LogP contribution is -2.44. The summed E-state index contributed by atoms with van der Waals surface area (Å²) in [6, 6.07) is 5.85. The number of nitrogens with one attached hydrogen (secondary N) is 2. The molecule has 16 heteroatoms. The third-order valence-electron chi connectivity index (χ3n) is 6.85. The van der Waals surface area contributed by atoms with Gasteiger partial charge in [-0.3, -0.25) is 9.36 Å². The van der Waals surface area contributed by atoms with Crippen LogP contribution in [-0.2, 0) is 10.0 Å². The fourth-order valence-electron chi connectivity index (χ4n) is 4.85. The lowest BCUT2D eigenvalue weighted by Gasteiger charge is -2.26. The van der Waals surface area contributed by atoms with Gasteiger partial charge in [0.25, 0.3) is 15.6 Å². The van der Waals surface area contributed by atoms with Crippen molar-refractivity contribution >= 4 is 56.1 Å². The number of rotatable bonds is 7. The van der Waals surface area contributed by atoms with Crippen molar-refractivity contribution in [2.45, 2.75) is 43.4 Å². The Labute approximate surface area is 253 Å². The monoisotopic (exact) mass is 658 g/mol. The van der Waals surface area contributed by atoms with Crippen LogP contribution < -0.4 is 20.0 Å². The largest absolute Gasteiger partial charge is 0.350 e. The van der Waals surface area contributed by atoms with Gasteiger partial charge in [-0.2, -0.15) is 17.2 Å². The molecule has 0 spiro atoms. The number of nitrogens with zero attached hydrogens (tertiary/aromatic N) is 4. The summed E-state index contributed by atoms with van der Waals surface area (Å²) in [5.41, 5.74) is -3.30. The van der Waals surface area contributed by atoms with E-state index < -0.39 is 67.0 Å². The Hall–Kier alpha value is -3.46. The third kappa shape index (κ3) is 5.76. The smallest absolute Gasteiger partial charge is 0.279 e. The highest BCUT2D eigenvalue weighted by Gasteiger charge is 2.34. The lowest BCUT2D eigenvalue weighted by atomic mass is 10.0. The van der Waals surface area contributed by atoms with Crippen LogP contribution in [0.3, 0.4) is 0 Å². The molecule has 0 saturated carbocycles. The maximum atomic E-state index is 15.6. The maximum Gasteiger partial charge on any atom is 0.279 e. The molecule has 43 heavy (non-hydrogen) atoms. The highest BCUT2D eigenvalue weighted by molar-refractivity contribution is 7.94. The van der Waals surface area contributed by atoms with Gasteiger partial charge in [0.2, 0.25) is 5.95 Å². The first-order valence-electron chi connectivity index (χ1n) is 13.0. The van der Waals surface area contributed by atoms with Crippen molar-refractivity contribution < 1.29 is 26.0 Å². The predicted octanol–water partition coefficient (Wildman–Crippen LogP) is 5.57. The lowest BCUT2D eigenvalue weighted by molar-refractivity contribution is 0.254. The molecule has 228 valence electrons. The molecule has 1 saturated heterocycles. The van der Waals surface area contributed by atoms with Gasteiger partial charge in [-0.05, 0) is 38.1 Å². The Kier molecular flexibility index (Phi) is 8.58. The Morgan fingerprint density at radius 2 is 1.84 bits per heavy atom. The summed E-state index contributed by atoms with van der Waals surface area (Å²) in [7, 11) is -4.83. The molecule has 1 aliphatic heterocycles. The number of halogens is 6. The Bertz CT molecular complexity index is 1890. The van der Waals surface area contributed by atoms with E-state index in [1.165, 1.54) is 35.0 Å². The van der Waals surface area contributed by atoms with Gasteiger partial charge >= 0.3 is 0 Å². The molecule has 3 heterocycles. The molecule has 0 radical (unpaired) electrons. The summed E-state index contributed by atoms with van der Waals surface area (Å²) >= 11 is 11.8. The molecule has 0 amide bonds. The molecule has 9 nitrogen and oxygen atoms in total. The minimum absolute atomic E-state index is 0.129. The van der Waals surface area contributed by atoms with Crippen LogP contribution in [0.1, 0.15) is 26.3 Å². The van der Waals surface area contributed by atoms with E-state index in [4.69, 9.17) is 23.4 Å². The van der Waals surface area contributed by atoms with Gasteiger partial charge in [0.15, 0.2) is 17.5 Å². The molecule has 5 rings (SSSR count). The normalized spacial score (nSPS) is 17.4. The van der Waals surface area contributed by atoms with Crippen molar-refractivity contribution in [3.8, 4) is 11.1 Å². The number of pyridine rings is 1. The van der Waals surface area contributed by atoms with E-state index in [2.05, 4.69) is 20.6 Å². The minimum Gasteiger partial charge on any atom is -0.350 e. The number of fused-ring (bicyclic) bond motifs is 1. The number of sulfonamides is 1. The standard InChI is InChI=1S/C27H24Cl2F4N6O3S/c1-13(2)38-25-14(10-35-27(37-25)36-16-8-15(30)11-34-12-16)7-18(26(38)40)17-9-20(31)24(23(33)22(17)32)39(29)43(41,42)21-6-4-3-5-19(21)28/h3-7,9-10,13,15-16,34H,8,11-12H2,1-2H3,(H,35,36,37)/t15-,16-/m0/s1. The van der Waals surface area contributed by atoms with Gasteiger partial charge in [0.1, 0.15) is 22.4 Å². The zero-order chi connectivity index (χ0) is 31.2. The van der Waals surface area contributed by atoms with Crippen molar-refractivity contribution in [2.75, 3.05) is 22.2 Å². The number of alkyl halides is 1. The third-order valence-corrected chi connectivity index (χ3v) is 9.52. The SMILES string of the molecule is CC(C)n1c(=O)c(-c2cc(F)c(N(Cl)S(=O)(=O)c3ccccc3Cl)c(F)c2F)cc2cnc(N[C@@H]3CNC[C@@H](F)C3)nc21. The van der Waals surface area contributed by atoms with Crippen LogP contribution in [0.2, 0.25) is 5.02 Å². The molecule has 0 aliphatic carbocycles. The maximum absolute atomic E-state index is 15.6. The van der Waals surface area contributed by atoms with Crippen molar-refractivity contribution in [1.82, 2.24) is 19.9 Å². The molecule has 4 aromatic rings. The summed E-state index contributed by atoms with van der Waals surface area (Å²) < 4.78 is 87.0. The van der Waals surface area contributed by atoms with Crippen molar-refractivity contribution in [3.05, 3.63) is 75.4 Å². The number of piperidine rings is 1. The number of anilines is 2. The average Bonchev–Trinajstić information content (AvgIpc) is 2.94. The average molecular weight is 659 g/mol. The highest BCUT2D eigenvalue weighted by Crippen LogP contribution is 2.38. The fraction of sp³-hybridized carbons (Fsp3) is 0.296. The van der Waals surface area contributed by atoms with Crippen molar-refractivity contribution in [1.29, 1.82) is 0 Å². The number of hydrogen-bond donors (Lipinski definition) is 2. The van der Waals surface area contributed by atoms with Crippen LogP contribution in [-0.4, -0.2) is 48.3 Å². The molecule has 2 aromatic carbocycles. The second-order valence-electron chi connectivity index (χ2n) is 10.2. The molecule has 1 fully saturated rings. The summed E-state index contributed by atoms with van der Waals surface area (Å²) in [6.07, 6.45) is 0.522. The molecule has 2 N–H and O–H groups in total. The van der Waals surface area contributed by atoms with Crippen LogP contribution in [0.4, 0.5) is 29.2 Å². The van der Waals surface area contributed by atoms with Crippen LogP contribution in [0.15, 0.2) is 52.3 Å². The fourth-order valence-corrected chi connectivity index (χ4v) is 6.80. The molecule has 0 bridgehead atoms. The molecular weight excluding hydrogens is 635 g/mol. The first-order chi connectivity index (χ1) is 20.3. The second kappa shape index (κ2) is 11.9. The molecular formula is C27H24Cl2F4N6O3S. The topological polar surface area (TPSA) is 109 Å². The number of aromatic nitrogens is 3. The van der Waals surface area contributed by atoms with Crippen molar-refractivity contribution in [2.24, 2.45) is 0 Å². The van der Waals surface area contributed by atoms with Gasteiger partial charge in [-0.15, -0.1) is 0 Å². The van der Waals surface area contributed by atoms with Gasteiger partial charge in [-0.1, -0.05) is 23.7 Å². The van der Waals surface area contributed by atoms with Gasteiger partial charge in [0, 0.05) is 60.5 Å². The summed E-state index contributed by atoms with van der Waals surface area (Å²) in [4.78, 5) is 21.7. The molecule has 0 unspecified atom stereocenters. The first kappa shape index (κ1) is 31.0. The second-order valence-corrected chi connectivity index (χ2v) is 12.9. The van der Waals surface area contributed by atoms with E-state index in [9.17, 15) is 17.6 Å². The molecule has 2 aromatic heterocycles. The van der Waals surface area contributed by atoms with E-state index in [0.717, 1.165) is 6.07 Å². The summed E-state index contributed by atoms with van der Waals surface area (Å²) in [5, 5.41) is 5.95. The van der Waals surface area contributed by atoms with Crippen LogP contribution >= 0.6 is 23.4 Å². The molecule has 2 atom stereocenters. The van der Waals surface area contributed by atoms with E-state index in [1.54, 1.807) is 13.8 Å². The van der Waals surface area contributed by atoms with E-state index in [1.807, 2.05) is 0 Å². The van der Waals surface area contributed by atoms with Gasteiger partial charge in [-0.25, -0.2) is 22.5 Å². The minimum atomic E-state index is -4.83. The van der Waals surface area contributed by atoms with Gasteiger partial charge in [0.05, 0.1) is 10.6 Å². The van der Waals surface area contributed by atoms with E-state index >= 15 is 13.2 Å². The first-order valence-corrected chi connectivity index (χ1v) is 15.1. The quantitative estimate of drug-likeness (QED) is 0.152. The summed E-state index contributed by atoms with van der Waals surface area (Å²) in [6.45, 7) is 4.03. The van der Waals surface area contributed by atoms with Gasteiger partial charge < -0.3 is 10.6 Å². The predicted molar refractivity (Wildman–Crippen MR) is 156 cm³/mol. The zero-order valence-electron chi connectivity index (χ0n) is 22.6. The summed E-state index contributed by atoms with van der Waals surface area (Å²) in [5.74, 6) is -5.09. The van der Waals surface area contributed by atoms with Crippen LogP contribution in [0.25, 0.3) is 22.2 Å². The Morgan fingerprint density at radius 3 is 2.51 bits per heavy atom. The van der Waals surface area contributed by atoms with Crippen LogP contribution in [0, 0.1) is 17.5 Å². The zero-order valence-corrected chi connectivity index (χ0v) is 24.9. The Balaban J connectivity index is 1.60.